The molecule has 2 aromatic rings. The summed E-state index contributed by atoms with van der Waals surface area (Å²) >= 11 is 0. The Balaban J connectivity index is 2.24. The van der Waals surface area contributed by atoms with Crippen LogP contribution in [-0.4, -0.2) is 20.2 Å². The fourth-order valence-corrected chi connectivity index (χ4v) is 2.79. The number of rotatable bonds is 6. The van der Waals surface area contributed by atoms with E-state index in [4.69, 9.17) is 4.74 Å². The zero-order valence-electron chi connectivity index (χ0n) is 14.3. The molecular formula is C20H27NO. The highest BCUT2D eigenvalue weighted by Gasteiger charge is 2.12. The van der Waals surface area contributed by atoms with Crippen molar-refractivity contribution in [2.24, 2.45) is 5.92 Å². The average Bonchev–Trinajstić information content (AvgIpc) is 2.52. The van der Waals surface area contributed by atoms with Gasteiger partial charge in [-0.05, 0) is 49.6 Å². The Hall–Kier alpha value is -1.80. The molecule has 0 radical (unpaired) electrons. The van der Waals surface area contributed by atoms with Gasteiger partial charge >= 0.3 is 0 Å². The fourth-order valence-electron chi connectivity index (χ4n) is 2.79. The number of likely N-dealkylation sites (N-methyl/N-ethyl adjacent to an activating group) is 1. The largest absolute Gasteiger partial charge is 0.496 e. The van der Waals surface area contributed by atoms with E-state index in [-0.39, 0.29) is 0 Å². The molecule has 1 unspecified atom stereocenters. The Labute approximate surface area is 134 Å². The van der Waals surface area contributed by atoms with Crippen molar-refractivity contribution < 1.29 is 4.74 Å². The van der Waals surface area contributed by atoms with Gasteiger partial charge in [-0.3, -0.25) is 0 Å². The third kappa shape index (κ3) is 3.89. The van der Waals surface area contributed by atoms with E-state index in [2.05, 4.69) is 62.5 Å². The van der Waals surface area contributed by atoms with Gasteiger partial charge in [0, 0.05) is 11.6 Å². The number of benzene rings is 2. The van der Waals surface area contributed by atoms with Crippen LogP contribution >= 0.6 is 0 Å². The number of methoxy groups -OCH3 is 1. The molecule has 0 aromatic heterocycles. The summed E-state index contributed by atoms with van der Waals surface area (Å²) in [6.45, 7) is 6.62. The molecule has 0 bridgehead atoms. The first-order valence-electron chi connectivity index (χ1n) is 7.96. The smallest absolute Gasteiger partial charge is 0.126 e. The molecule has 2 rings (SSSR count). The first kappa shape index (κ1) is 16.6. The number of hydrogen-bond donors (Lipinski definition) is 1. The molecule has 0 aliphatic carbocycles. The molecule has 2 heteroatoms. The molecule has 0 aliphatic rings. The topological polar surface area (TPSA) is 21.3 Å². The predicted octanol–water partition coefficient (Wildman–Crippen LogP) is 4.46. The van der Waals surface area contributed by atoms with Gasteiger partial charge in [-0.15, -0.1) is 0 Å². The fraction of sp³-hybridized carbons (Fsp3) is 0.400. The Kier molecular flexibility index (Phi) is 5.62. The molecule has 1 N–H and O–H groups in total. The molecule has 2 aromatic carbocycles. The lowest BCUT2D eigenvalue weighted by Gasteiger charge is -2.20. The molecule has 0 aliphatic heterocycles. The number of ether oxygens (including phenoxy) is 1. The highest BCUT2D eigenvalue weighted by atomic mass is 16.5. The van der Waals surface area contributed by atoms with Crippen LogP contribution in [-0.2, 0) is 6.42 Å². The van der Waals surface area contributed by atoms with Crippen molar-refractivity contribution in [2.75, 3.05) is 14.2 Å². The number of hydrogen-bond acceptors (Lipinski definition) is 2. The van der Waals surface area contributed by atoms with E-state index < -0.39 is 0 Å². The summed E-state index contributed by atoms with van der Waals surface area (Å²) < 4.78 is 5.49. The molecule has 1 atom stereocenters. The van der Waals surface area contributed by atoms with Crippen molar-refractivity contribution in [3.05, 3.63) is 53.6 Å². The Morgan fingerprint density at radius 1 is 1.05 bits per heavy atom. The van der Waals surface area contributed by atoms with Crippen molar-refractivity contribution in [3.63, 3.8) is 0 Å². The standard InChI is InChI=1S/C20H27NO/c1-14(2)19(21-4)13-16-7-9-17(10-8-16)18-12-15(3)6-11-20(18)22-5/h6-12,14,19,21H,13H2,1-5H3. The van der Waals surface area contributed by atoms with Crippen molar-refractivity contribution in [3.8, 4) is 16.9 Å². The van der Waals surface area contributed by atoms with Crippen LogP contribution in [0.5, 0.6) is 5.75 Å². The van der Waals surface area contributed by atoms with Crippen LogP contribution in [0, 0.1) is 12.8 Å². The van der Waals surface area contributed by atoms with Crippen LogP contribution in [0.3, 0.4) is 0 Å². The monoisotopic (exact) mass is 297 g/mol. The maximum absolute atomic E-state index is 5.49. The van der Waals surface area contributed by atoms with E-state index in [0.29, 0.717) is 12.0 Å². The maximum atomic E-state index is 5.49. The molecule has 118 valence electrons. The Morgan fingerprint density at radius 3 is 2.27 bits per heavy atom. The molecule has 2 nitrogen and oxygen atoms in total. The van der Waals surface area contributed by atoms with Crippen LogP contribution in [0.1, 0.15) is 25.0 Å². The molecule has 0 heterocycles. The van der Waals surface area contributed by atoms with Gasteiger partial charge in [-0.2, -0.15) is 0 Å². The van der Waals surface area contributed by atoms with E-state index >= 15 is 0 Å². The lowest BCUT2D eigenvalue weighted by Crippen LogP contribution is -2.32. The summed E-state index contributed by atoms with van der Waals surface area (Å²) in [4.78, 5) is 0. The highest BCUT2D eigenvalue weighted by molar-refractivity contribution is 5.71. The number of aryl methyl sites for hydroxylation is 1. The molecular weight excluding hydrogens is 270 g/mol. The van der Waals surface area contributed by atoms with E-state index in [1.807, 2.05) is 13.1 Å². The average molecular weight is 297 g/mol. The van der Waals surface area contributed by atoms with Crippen LogP contribution in [0.15, 0.2) is 42.5 Å². The number of nitrogens with one attached hydrogen (secondary N) is 1. The summed E-state index contributed by atoms with van der Waals surface area (Å²) in [7, 11) is 3.76. The summed E-state index contributed by atoms with van der Waals surface area (Å²) in [6.07, 6.45) is 1.05. The molecule has 0 amide bonds. The second kappa shape index (κ2) is 7.46. The van der Waals surface area contributed by atoms with Crippen LogP contribution in [0.25, 0.3) is 11.1 Å². The Morgan fingerprint density at radius 2 is 1.73 bits per heavy atom. The van der Waals surface area contributed by atoms with E-state index in [0.717, 1.165) is 17.7 Å². The van der Waals surface area contributed by atoms with Gasteiger partial charge in [0.15, 0.2) is 0 Å². The van der Waals surface area contributed by atoms with Crippen molar-refractivity contribution in [1.29, 1.82) is 0 Å². The summed E-state index contributed by atoms with van der Waals surface area (Å²) in [5.41, 5.74) is 4.97. The SMILES string of the molecule is CNC(Cc1ccc(-c2cc(C)ccc2OC)cc1)C(C)C. The predicted molar refractivity (Wildman–Crippen MR) is 94.6 cm³/mol. The van der Waals surface area contributed by atoms with E-state index in [1.165, 1.54) is 16.7 Å². The minimum Gasteiger partial charge on any atom is -0.496 e. The lowest BCUT2D eigenvalue weighted by atomic mass is 9.95. The van der Waals surface area contributed by atoms with E-state index in [9.17, 15) is 0 Å². The normalized spacial score (nSPS) is 12.5. The molecule has 0 spiro atoms. The van der Waals surface area contributed by atoms with Gasteiger partial charge in [-0.25, -0.2) is 0 Å². The second-order valence-electron chi connectivity index (χ2n) is 6.24. The molecule has 0 saturated heterocycles. The van der Waals surface area contributed by atoms with Crippen LogP contribution in [0.2, 0.25) is 0 Å². The van der Waals surface area contributed by atoms with Gasteiger partial charge in [0.1, 0.15) is 5.75 Å². The van der Waals surface area contributed by atoms with Crippen molar-refractivity contribution in [2.45, 2.75) is 33.2 Å². The van der Waals surface area contributed by atoms with Crippen molar-refractivity contribution >= 4 is 0 Å². The zero-order chi connectivity index (χ0) is 16.1. The molecule has 0 fully saturated rings. The summed E-state index contributed by atoms with van der Waals surface area (Å²) in [6, 6.07) is 15.6. The first-order chi connectivity index (χ1) is 10.5. The lowest BCUT2D eigenvalue weighted by molar-refractivity contribution is 0.416. The van der Waals surface area contributed by atoms with Gasteiger partial charge < -0.3 is 10.1 Å². The zero-order valence-corrected chi connectivity index (χ0v) is 14.3. The Bertz CT molecular complexity index is 602. The third-order valence-electron chi connectivity index (χ3n) is 4.25. The summed E-state index contributed by atoms with van der Waals surface area (Å²) in [5, 5.41) is 3.40. The van der Waals surface area contributed by atoms with Gasteiger partial charge in [0.05, 0.1) is 7.11 Å². The maximum Gasteiger partial charge on any atom is 0.126 e. The minimum atomic E-state index is 0.513. The van der Waals surface area contributed by atoms with Gasteiger partial charge in [0.2, 0.25) is 0 Å². The molecule has 22 heavy (non-hydrogen) atoms. The first-order valence-corrected chi connectivity index (χ1v) is 7.96. The van der Waals surface area contributed by atoms with Crippen LogP contribution in [0.4, 0.5) is 0 Å². The van der Waals surface area contributed by atoms with Crippen molar-refractivity contribution in [1.82, 2.24) is 5.32 Å². The quantitative estimate of drug-likeness (QED) is 0.850. The summed E-state index contributed by atoms with van der Waals surface area (Å²) in [5.74, 6) is 1.55. The third-order valence-corrected chi connectivity index (χ3v) is 4.25. The molecule has 0 saturated carbocycles. The minimum absolute atomic E-state index is 0.513. The highest BCUT2D eigenvalue weighted by Crippen LogP contribution is 2.31. The van der Waals surface area contributed by atoms with Crippen LogP contribution < -0.4 is 10.1 Å². The second-order valence-corrected chi connectivity index (χ2v) is 6.24. The van der Waals surface area contributed by atoms with Gasteiger partial charge in [-0.1, -0.05) is 49.7 Å². The van der Waals surface area contributed by atoms with Gasteiger partial charge in [0.25, 0.3) is 0 Å². The van der Waals surface area contributed by atoms with E-state index in [1.54, 1.807) is 7.11 Å².